The number of carbonyl (C=O) groups is 3. The smallest absolute Gasteiger partial charge is 0.306 e. The fourth-order valence-electron chi connectivity index (χ4n) is 7.94. The molecule has 0 saturated carbocycles. The molecule has 0 aromatic carbocycles. The number of hydrogen-bond donors (Lipinski definition) is 0. The van der Waals surface area contributed by atoms with Crippen LogP contribution in [0.2, 0.25) is 0 Å². The van der Waals surface area contributed by atoms with Crippen molar-refractivity contribution in [1.29, 1.82) is 0 Å². The van der Waals surface area contributed by atoms with Gasteiger partial charge in [-0.25, -0.2) is 0 Å². The van der Waals surface area contributed by atoms with Crippen LogP contribution in [0.15, 0.2) is 122 Å². The van der Waals surface area contributed by atoms with E-state index in [-0.39, 0.29) is 44.0 Å². The van der Waals surface area contributed by atoms with E-state index in [9.17, 15) is 14.4 Å². The summed E-state index contributed by atoms with van der Waals surface area (Å²) >= 11 is 0. The van der Waals surface area contributed by atoms with E-state index in [1.807, 2.05) is 6.08 Å². The van der Waals surface area contributed by atoms with E-state index in [4.69, 9.17) is 14.2 Å². The second-order valence-electron chi connectivity index (χ2n) is 19.5. The van der Waals surface area contributed by atoms with Crippen molar-refractivity contribution in [3.05, 3.63) is 122 Å². The molecule has 0 aliphatic rings. The molecule has 6 heteroatoms. The minimum atomic E-state index is -0.834. The predicted molar refractivity (Wildman–Crippen MR) is 316 cm³/mol. The molecule has 414 valence electrons. The minimum Gasteiger partial charge on any atom is -0.462 e. The molecule has 0 aromatic heterocycles. The Bertz CT molecular complexity index is 1540. The van der Waals surface area contributed by atoms with E-state index in [2.05, 4.69) is 136 Å². The second-order valence-corrected chi connectivity index (χ2v) is 19.5. The van der Waals surface area contributed by atoms with Crippen LogP contribution in [0.3, 0.4) is 0 Å². The summed E-state index contributed by atoms with van der Waals surface area (Å²) in [5.41, 5.74) is 0. The lowest BCUT2D eigenvalue weighted by molar-refractivity contribution is -0.166. The molecule has 6 nitrogen and oxygen atoms in total. The zero-order valence-corrected chi connectivity index (χ0v) is 47.4. The fourth-order valence-corrected chi connectivity index (χ4v) is 7.94. The largest absolute Gasteiger partial charge is 0.462 e. The van der Waals surface area contributed by atoms with Gasteiger partial charge >= 0.3 is 17.9 Å². The van der Waals surface area contributed by atoms with Crippen LogP contribution in [0.5, 0.6) is 0 Å². The van der Waals surface area contributed by atoms with Gasteiger partial charge in [-0.05, 0) is 122 Å². The Hall–Kier alpha value is -4.19. The third-order valence-corrected chi connectivity index (χ3v) is 12.4. The van der Waals surface area contributed by atoms with Gasteiger partial charge in [0.15, 0.2) is 6.10 Å². The summed E-state index contributed by atoms with van der Waals surface area (Å²) < 4.78 is 16.8. The van der Waals surface area contributed by atoms with Crippen molar-refractivity contribution >= 4 is 17.9 Å². The van der Waals surface area contributed by atoms with E-state index in [1.165, 1.54) is 128 Å². The Morgan fingerprint density at radius 1 is 0.288 bits per heavy atom. The van der Waals surface area contributed by atoms with Crippen molar-refractivity contribution in [2.24, 2.45) is 0 Å². The number of ether oxygens (including phenoxy) is 3. The van der Waals surface area contributed by atoms with E-state index in [0.717, 1.165) is 83.5 Å². The Balaban J connectivity index is 4.51. The molecule has 0 bridgehead atoms. The van der Waals surface area contributed by atoms with Crippen LogP contribution in [0.25, 0.3) is 0 Å². The maximum absolute atomic E-state index is 12.8. The van der Waals surface area contributed by atoms with Crippen molar-refractivity contribution < 1.29 is 28.6 Å². The van der Waals surface area contributed by atoms with Crippen LogP contribution in [-0.2, 0) is 28.6 Å². The molecule has 1 atom stereocenters. The van der Waals surface area contributed by atoms with Crippen molar-refractivity contribution in [1.82, 2.24) is 0 Å². The molecule has 0 aromatic rings. The highest BCUT2D eigenvalue weighted by atomic mass is 16.6. The van der Waals surface area contributed by atoms with Gasteiger partial charge in [0.25, 0.3) is 0 Å². The van der Waals surface area contributed by atoms with Gasteiger partial charge in [-0.1, -0.05) is 245 Å². The maximum atomic E-state index is 12.8. The SMILES string of the molecule is CC/C=C\C/C=C\C/C=C\C/C=C\CCCCC(=O)O[C@H](COC(=O)CC/C=C\C/C=C\C/C=C\C/C=C\C/C=C\CCCCC)COC(=O)CCCCCCCCCCCCC/C=C\CCCCCCCC. The van der Waals surface area contributed by atoms with Crippen LogP contribution in [0.4, 0.5) is 0 Å². The number of allylic oxidation sites excluding steroid dienone is 20. The van der Waals surface area contributed by atoms with Gasteiger partial charge in [0, 0.05) is 19.3 Å². The molecule has 73 heavy (non-hydrogen) atoms. The van der Waals surface area contributed by atoms with Gasteiger partial charge in [0.2, 0.25) is 0 Å². The van der Waals surface area contributed by atoms with E-state index in [1.54, 1.807) is 0 Å². The summed E-state index contributed by atoms with van der Waals surface area (Å²) in [6.45, 7) is 6.40. The van der Waals surface area contributed by atoms with Crippen molar-refractivity contribution in [3.63, 3.8) is 0 Å². The zero-order chi connectivity index (χ0) is 52.9. The van der Waals surface area contributed by atoms with Gasteiger partial charge < -0.3 is 14.2 Å². The molecule has 0 saturated heterocycles. The zero-order valence-electron chi connectivity index (χ0n) is 47.4. The molecule has 0 aliphatic carbocycles. The first-order valence-electron chi connectivity index (χ1n) is 30.0. The highest BCUT2D eigenvalue weighted by Gasteiger charge is 2.19. The Labute approximate surface area is 450 Å². The first-order valence-corrected chi connectivity index (χ1v) is 30.0. The number of hydrogen-bond acceptors (Lipinski definition) is 6. The normalized spacial score (nSPS) is 13.0. The number of rotatable bonds is 53. The topological polar surface area (TPSA) is 78.9 Å². The summed E-state index contributed by atoms with van der Waals surface area (Å²) in [6, 6.07) is 0. The monoisotopic (exact) mass is 1010 g/mol. The summed E-state index contributed by atoms with van der Waals surface area (Å²) in [4.78, 5) is 38.2. The summed E-state index contributed by atoms with van der Waals surface area (Å²) in [6.07, 6.45) is 83.5. The lowest BCUT2D eigenvalue weighted by Gasteiger charge is -2.18. The Morgan fingerprint density at radius 2 is 0.562 bits per heavy atom. The number of unbranched alkanes of at least 4 members (excludes halogenated alkanes) is 22. The van der Waals surface area contributed by atoms with E-state index < -0.39 is 6.10 Å². The summed E-state index contributed by atoms with van der Waals surface area (Å²) in [5, 5.41) is 0. The first-order chi connectivity index (χ1) is 36.0. The molecular weight excluding hydrogens is 901 g/mol. The molecular formula is C67H110O6. The molecule has 0 unspecified atom stereocenters. The Kier molecular flexibility index (Phi) is 56.9. The third-order valence-electron chi connectivity index (χ3n) is 12.4. The van der Waals surface area contributed by atoms with E-state index >= 15 is 0 Å². The molecule has 0 amide bonds. The highest BCUT2D eigenvalue weighted by molar-refractivity contribution is 5.71. The van der Waals surface area contributed by atoms with Crippen LogP contribution in [0, 0.1) is 0 Å². The lowest BCUT2D eigenvalue weighted by atomic mass is 10.0. The van der Waals surface area contributed by atoms with Crippen LogP contribution in [-0.4, -0.2) is 37.2 Å². The molecule has 0 rings (SSSR count). The van der Waals surface area contributed by atoms with Crippen LogP contribution >= 0.6 is 0 Å². The van der Waals surface area contributed by atoms with Gasteiger partial charge in [0.05, 0.1) is 0 Å². The van der Waals surface area contributed by atoms with Crippen molar-refractivity contribution in [2.75, 3.05) is 13.2 Å². The summed E-state index contributed by atoms with van der Waals surface area (Å²) in [5.74, 6) is -1.05. The first kappa shape index (κ1) is 68.8. The molecule has 0 fully saturated rings. The molecule has 0 radical (unpaired) electrons. The van der Waals surface area contributed by atoms with Gasteiger partial charge in [-0.15, -0.1) is 0 Å². The van der Waals surface area contributed by atoms with E-state index in [0.29, 0.717) is 19.3 Å². The average Bonchev–Trinajstić information content (AvgIpc) is 3.39. The predicted octanol–water partition coefficient (Wildman–Crippen LogP) is 20.4. The molecule has 0 N–H and O–H groups in total. The molecule has 0 aliphatic heterocycles. The van der Waals surface area contributed by atoms with Crippen molar-refractivity contribution in [2.45, 2.75) is 271 Å². The van der Waals surface area contributed by atoms with Crippen LogP contribution in [0.1, 0.15) is 265 Å². The highest BCUT2D eigenvalue weighted by Crippen LogP contribution is 2.15. The van der Waals surface area contributed by atoms with Crippen LogP contribution < -0.4 is 0 Å². The fraction of sp³-hybridized carbons (Fsp3) is 0.657. The quantitative estimate of drug-likeness (QED) is 0.0261. The number of esters is 3. The number of carbonyl (C=O) groups excluding carboxylic acids is 3. The standard InChI is InChI=1S/C67H110O6/c1-4-7-10-13-16-19-22-25-28-30-32-33-35-37-40-42-45-48-51-54-57-60-66(69)72-63-64(73-67(70)61-58-55-52-49-46-43-38-27-24-21-18-15-12-9-6-3)62-71-65(68)59-56-53-50-47-44-41-39-36-34-31-29-26-23-20-17-14-11-8-5-2/h9,12,17-18,20-21,25-29,34,36,38,41,44,46,49-50,53,64H,4-8,10-11,13-16,19,22-24,30-33,35,37,39-40,42-43,45,47-48,51-52,54-63H2,1-3H3/b12-9-,20-17-,21-18-,28-25-,29-26-,36-34-,38-27-,44-41-,49-46-,53-50-/t64-/m1/s1. The second kappa shape index (κ2) is 60.4. The van der Waals surface area contributed by atoms with Crippen molar-refractivity contribution in [3.8, 4) is 0 Å². The van der Waals surface area contributed by atoms with Gasteiger partial charge in [-0.2, -0.15) is 0 Å². The summed E-state index contributed by atoms with van der Waals surface area (Å²) in [7, 11) is 0. The Morgan fingerprint density at radius 3 is 0.986 bits per heavy atom. The van der Waals surface area contributed by atoms with Gasteiger partial charge in [-0.3, -0.25) is 14.4 Å². The average molecular weight is 1010 g/mol. The third kappa shape index (κ3) is 58.6. The maximum Gasteiger partial charge on any atom is 0.306 e. The van der Waals surface area contributed by atoms with Gasteiger partial charge in [0.1, 0.15) is 13.2 Å². The minimum absolute atomic E-state index is 0.120. The lowest BCUT2D eigenvalue weighted by Crippen LogP contribution is -2.30. The molecule has 0 heterocycles. The molecule has 0 spiro atoms.